The third-order valence-corrected chi connectivity index (χ3v) is 1.63. The van der Waals surface area contributed by atoms with E-state index in [0.717, 1.165) is 4.90 Å². The number of hydrogen-bond donors (Lipinski definition) is 1. The number of Topliss-reactive ketones (excluding diaryl/α,β-unsaturated/α-hetero) is 1. The van der Waals surface area contributed by atoms with Crippen LogP contribution in [-0.2, 0) is 4.79 Å². The Hall–Kier alpha value is -1.13. The molecule has 0 saturated carbocycles. The highest BCUT2D eigenvalue weighted by Crippen LogP contribution is 2.09. The van der Waals surface area contributed by atoms with Crippen LogP contribution in [0.3, 0.4) is 0 Å². The molecular formula is C6H8FNO3. The molecular weight excluding hydrogens is 153 g/mol. The molecule has 0 aliphatic carbocycles. The summed E-state index contributed by atoms with van der Waals surface area (Å²) in [7, 11) is 0. The maximum Gasteiger partial charge on any atom is 0.407 e. The number of rotatable bonds is 0. The Morgan fingerprint density at radius 3 is 2.82 bits per heavy atom. The van der Waals surface area contributed by atoms with Gasteiger partial charge in [0.25, 0.3) is 0 Å². The van der Waals surface area contributed by atoms with E-state index < -0.39 is 18.0 Å². The van der Waals surface area contributed by atoms with Gasteiger partial charge in [-0.15, -0.1) is 0 Å². The van der Waals surface area contributed by atoms with E-state index in [9.17, 15) is 14.0 Å². The van der Waals surface area contributed by atoms with Crippen molar-refractivity contribution in [1.82, 2.24) is 4.90 Å². The van der Waals surface area contributed by atoms with E-state index in [-0.39, 0.29) is 19.5 Å². The molecule has 1 aliphatic heterocycles. The molecule has 11 heavy (non-hydrogen) atoms. The van der Waals surface area contributed by atoms with Crippen LogP contribution in [0.25, 0.3) is 0 Å². The SMILES string of the molecule is O=C1CCN(C(=O)O)CC1F. The number of carboxylic acid groups (broad SMARTS) is 1. The lowest BCUT2D eigenvalue weighted by Crippen LogP contribution is -2.44. The smallest absolute Gasteiger partial charge is 0.407 e. The number of carbonyl (C=O) groups is 2. The minimum absolute atomic E-state index is 0.00648. The Kier molecular flexibility index (Phi) is 2.07. The van der Waals surface area contributed by atoms with Gasteiger partial charge in [-0.2, -0.15) is 0 Å². The molecule has 1 saturated heterocycles. The van der Waals surface area contributed by atoms with Crippen LogP contribution in [0.2, 0.25) is 0 Å². The Morgan fingerprint density at radius 1 is 1.73 bits per heavy atom. The van der Waals surface area contributed by atoms with Gasteiger partial charge in [0, 0.05) is 13.0 Å². The first kappa shape index (κ1) is 7.97. The lowest BCUT2D eigenvalue weighted by molar-refractivity contribution is -0.126. The second-order valence-corrected chi connectivity index (χ2v) is 2.41. The third kappa shape index (κ3) is 1.66. The number of piperidine rings is 1. The number of alkyl halides is 1. The summed E-state index contributed by atoms with van der Waals surface area (Å²) >= 11 is 0. The van der Waals surface area contributed by atoms with Gasteiger partial charge in [-0.3, -0.25) is 4.79 Å². The number of ketones is 1. The monoisotopic (exact) mass is 161 g/mol. The molecule has 4 nitrogen and oxygen atoms in total. The van der Waals surface area contributed by atoms with Crippen LogP contribution < -0.4 is 0 Å². The van der Waals surface area contributed by atoms with Crippen molar-refractivity contribution in [3.05, 3.63) is 0 Å². The maximum absolute atomic E-state index is 12.5. The summed E-state index contributed by atoms with van der Waals surface area (Å²) in [5.74, 6) is -0.498. The predicted molar refractivity (Wildman–Crippen MR) is 34.1 cm³/mol. The zero-order valence-corrected chi connectivity index (χ0v) is 5.79. The molecule has 0 aromatic rings. The molecule has 1 aliphatic rings. The van der Waals surface area contributed by atoms with Crippen molar-refractivity contribution in [1.29, 1.82) is 0 Å². The molecule has 1 unspecified atom stereocenters. The lowest BCUT2D eigenvalue weighted by atomic mass is 10.1. The second-order valence-electron chi connectivity index (χ2n) is 2.41. The van der Waals surface area contributed by atoms with Gasteiger partial charge in [0.05, 0.1) is 6.54 Å². The summed E-state index contributed by atoms with van der Waals surface area (Å²) in [5.41, 5.74) is 0. The standard InChI is InChI=1S/C6H8FNO3/c7-4-3-8(6(10)11)2-1-5(4)9/h4H,1-3H2,(H,10,11). The molecule has 0 aromatic heterocycles. The van der Waals surface area contributed by atoms with Crippen molar-refractivity contribution in [3.63, 3.8) is 0 Å². The number of nitrogens with zero attached hydrogens (tertiary/aromatic N) is 1. The van der Waals surface area contributed by atoms with Gasteiger partial charge < -0.3 is 10.0 Å². The number of likely N-dealkylation sites (tertiary alicyclic amines) is 1. The van der Waals surface area contributed by atoms with Gasteiger partial charge in [0.15, 0.2) is 12.0 Å². The average molecular weight is 161 g/mol. The van der Waals surface area contributed by atoms with Crippen molar-refractivity contribution in [2.45, 2.75) is 12.6 Å². The summed E-state index contributed by atoms with van der Waals surface area (Å²) in [6, 6.07) is 0. The summed E-state index contributed by atoms with van der Waals surface area (Å²) < 4.78 is 12.5. The van der Waals surface area contributed by atoms with E-state index in [2.05, 4.69) is 0 Å². The normalized spacial score (nSPS) is 25.4. The van der Waals surface area contributed by atoms with Crippen LogP contribution in [0.15, 0.2) is 0 Å². The molecule has 1 amide bonds. The zero-order chi connectivity index (χ0) is 8.43. The predicted octanol–water partition coefficient (Wildman–Crippen LogP) is 0.277. The van der Waals surface area contributed by atoms with E-state index >= 15 is 0 Å². The van der Waals surface area contributed by atoms with Crippen LogP contribution in [0.5, 0.6) is 0 Å². The lowest BCUT2D eigenvalue weighted by Gasteiger charge is -2.25. The minimum atomic E-state index is -1.63. The number of amides is 1. The Labute approximate surface area is 62.6 Å². The number of halogens is 1. The minimum Gasteiger partial charge on any atom is -0.465 e. The summed E-state index contributed by atoms with van der Waals surface area (Å²) in [5, 5.41) is 8.39. The van der Waals surface area contributed by atoms with Crippen molar-refractivity contribution in [3.8, 4) is 0 Å². The van der Waals surface area contributed by atoms with E-state index in [4.69, 9.17) is 5.11 Å². The molecule has 0 aromatic carbocycles. The van der Waals surface area contributed by atoms with Crippen molar-refractivity contribution in [2.24, 2.45) is 0 Å². The van der Waals surface area contributed by atoms with Crippen LogP contribution in [-0.4, -0.2) is 41.1 Å². The van der Waals surface area contributed by atoms with Crippen LogP contribution in [0.1, 0.15) is 6.42 Å². The van der Waals surface area contributed by atoms with Crippen molar-refractivity contribution < 1.29 is 19.1 Å². The second kappa shape index (κ2) is 2.86. The van der Waals surface area contributed by atoms with Gasteiger partial charge in [-0.1, -0.05) is 0 Å². The molecule has 0 spiro atoms. The van der Waals surface area contributed by atoms with E-state index in [1.54, 1.807) is 0 Å². The van der Waals surface area contributed by atoms with E-state index in [1.165, 1.54) is 0 Å². The average Bonchev–Trinajstić information content (AvgIpc) is 1.94. The largest absolute Gasteiger partial charge is 0.465 e. The highest BCUT2D eigenvalue weighted by Gasteiger charge is 2.28. The molecule has 0 bridgehead atoms. The molecule has 1 atom stereocenters. The molecule has 62 valence electrons. The molecule has 1 N–H and O–H groups in total. The summed E-state index contributed by atoms with van der Waals surface area (Å²) in [6.07, 6.45) is -2.80. The summed E-state index contributed by atoms with van der Waals surface area (Å²) in [6.45, 7) is -0.192. The number of hydrogen-bond acceptors (Lipinski definition) is 2. The fourth-order valence-corrected chi connectivity index (χ4v) is 0.962. The van der Waals surface area contributed by atoms with Crippen LogP contribution >= 0.6 is 0 Å². The van der Waals surface area contributed by atoms with E-state index in [1.807, 2.05) is 0 Å². The van der Waals surface area contributed by atoms with Gasteiger partial charge >= 0.3 is 6.09 Å². The molecule has 1 heterocycles. The summed E-state index contributed by atoms with van der Waals surface area (Å²) in [4.78, 5) is 21.7. The molecule has 0 radical (unpaired) electrons. The first-order valence-corrected chi connectivity index (χ1v) is 3.26. The highest BCUT2D eigenvalue weighted by atomic mass is 19.1. The van der Waals surface area contributed by atoms with Gasteiger partial charge in [-0.25, -0.2) is 9.18 Å². The van der Waals surface area contributed by atoms with E-state index in [0.29, 0.717) is 0 Å². The fraction of sp³-hybridized carbons (Fsp3) is 0.667. The first-order valence-electron chi connectivity index (χ1n) is 3.26. The maximum atomic E-state index is 12.5. The Morgan fingerprint density at radius 2 is 2.36 bits per heavy atom. The fourth-order valence-electron chi connectivity index (χ4n) is 0.962. The third-order valence-electron chi connectivity index (χ3n) is 1.63. The van der Waals surface area contributed by atoms with Gasteiger partial charge in [-0.05, 0) is 0 Å². The number of carbonyl (C=O) groups excluding carboxylic acids is 1. The van der Waals surface area contributed by atoms with Gasteiger partial charge in [0.2, 0.25) is 0 Å². The Bertz CT molecular complexity index is 194. The topological polar surface area (TPSA) is 57.6 Å². The zero-order valence-electron chi connectivity index (χ0n) is 5.79. The van der Waals surface area contributed by atoms with Crippen molar-refractivity contribution >= 4 is 11.9 Å². The quantitative estimate of drug-likeness (QED) is 0.555. The molecule has 1 rings (SSSR count). The van der Waals surface area contributed by atoms with Crippen molar-refractivity contribution in [2.75, 3.05) is 13.1 Å². The Balaban J connectivity index is 2.52. The molecule has 5 heteroatoms. The first-order chi connectivity index (χ1) is 5.11. The van der Waals surface area contributed by atoms with Crippen LogP contribution in [0.4, 0.5) is 9.18 Å². The molecule has 1 fully saturated rings. The van der Waals surface area contributed by atoms with Gasteiger partial charge in [0.1, 0.15) is 0 Å². The van der Waals surface area contributed by atoms with Crippen LogP contribution in [0, 0.1) is 0 Å². The highest BCUT2D eigenvalue weighted by molar-refractivity contribution is 5.85.